The zero-order chi connectivity index (χ0) is 12.1. The number of hydrogen-bond donors (Lipinski definition) is 2. The van der Waals surface area contributed by atoms with Gasteiger partial charge in [0.1, 0.15) is 0 Å². The van der Waals surface area contributed by atoms with Gasteiger partial charge >= 0.3 is 0 Å². The number of hydrogen-bond acceptors (Lipinski definition) is 5. The fourth-order valence-electron chi connectivity index (χ4n) is 2.14. The number of likely N-dealkylation sites (N-methyl/N-ethyl adjacent to an activating group) is 1. The summed E-state index contributed by atoms with van der Waals surface area (Å²) in [6, 6.07) is 3.88. The zero-order valence-electron chi connectivity index (χ0n) is 10.4. The summed E-state index contributed by atoms with van der Waals surface area (Å²) in [5.74, 6) is 5.40. The van der Waals surface area contributed by atoms with Crippen molar-refractivity contribution < 1.29 is 0 Å². The molecule has 0 unspecified atom stereocenters. The van der Waals surface area contributed by atoms with E-state index >= 15 is 0 Å². The number of anilines is 1. The van der Waals surface area contributed by atoms with E-state index in [1.807, 2.05) is 12.1 Å². The van der Waals surface area contributed by atoms with Crippen molar-refractivity contribution in [3.8, 4) is 0 Å². The highest BCUT2D eigenvalue weighted by molar-refractivity contribution is 5.41. The number of pyridine rings is 1. The second-order valence-electron chi connectivity index (χ2n) is 4.61. The molecule has 0 amide bonds. The summed E-state index contributed by atoms with van der Waals surface area (Å²) in [6.07, 6.45) is 3.03. The first-order valence-electron chi connectivity index (χ1n) is 6.10. The van der Waals surface area contributed by atoms with Gasteiger partial charge < -0.3 is 10.3 Å². The van der Waals surface area contributed by atoms with Crippen molar-refractivity contribution in [2.24, 2.45) is 5.84 Å². The SMILES string of the molecule is CN1CCCN(Cc2cc(NN)ccn2)CC1. The smallest absolute Gasteiger partial charge is 0.0564 e. The first-order valence-corrected chi connectivity index (χ1v) is 6.10. The summed E-state index contributed by atoms with van der Waals surface area (Å²) in [4.78, 5) is 9.21. The largest absolute Gasteiger partial charge is 0.324 e. The Morgan fingerprint density at radius 2 is 2.24 bits per heavy atom. The molecule has 1 aliphatic rings. The Labute approximate surface area is 103 Å². The summed E-state index contributed by atoms with van der Waals surface area (Å²) in [7, 11) is 2.18. The van der Waals surface area contributed by atoms with Crippen molar-refractivity contribution in [2.75, 3.05) is 38.7 Å². The third-order valence-electron chi connectivity index (χ3n) is 3.18. The van der Waals surface area contributed by atoms with Crippen molar-refractivity contribution in [1.82, 2.24) is 14.8 Å². The van der Waals surface area contributed by atoms with Crippen LogP contribution in [-0.2, 0) is 6.54 Å². The molecule has 3 N–H and O–H groups in total. The topological polar surface area (TPSA) is 57.4 Å². The number of nitrogens with two attached hydrogens (primary N) is 1. The molecule has 17 heavy (non-hydrogen) atoms. The molecule has 1 fully saturated rings. The number of rotatable bonds is 3. The minimum atomic E-state index is 0.906. The molecule has 94 valence electrons. The number of hydrazine groups is 1. The van der Waals surface area contributed by atoms with Crippen LogP contribution in [0.2, 0.25) is 0 Å². The van der Waals surface area contributed by atoms with Crippen LogP contribution >= 0.6 is 0 Å². The van der Waals surface area contributed by atoms with Gasteiger partial charge in [0.2, 0.25) is 0 Å². The van der Waals surface area contributed by atoms with Crippen LogP contribution in [0.3, 0.4) is 0 Å². The second kappa shape index (κ2) is 5.95. The van der Waals surface area contributed by atoms with Crippen LogP contribution in [0.1, 0.15) is 12.1 Å². The van der Waals surface area contributed by atoms with Crippen LogP contribution < -0.4 is 11.3 Å². The highest BCUT2D eigenvalue weighted by atomic mass is 15.2. The lowest BCUT2D eigenvalue weighted by atomic mass is 10.3. The van der Waals surface area contributed by atoms with Gasteiger partial charge in [-0.25, -0.2) is 0 Å². The van der Waals surface area contributed by atoms with E-state index in [9.17, 15) is 0 Å². The Kier molecular flexibility index (Phi) is 4.30. The zero-order valence-corrected chi connectivity index (χ0v) is 10.4. The maximum absolute atomic E-state index is 5.40. The Morgan fingerprint density at radius 1 is 1.35 bits per heavy atom. The van der Waals surface area contributed by atoms with Crippen molar-refractivity contribution in [2.45, 2.75) is 13.0 Å². The molecule has 0 aromatic carbocycles. The average Bonchev–Trinajstić information content (AvgIpc) is 2.55. The third-order valence-corrected chi connectivity index (χ3v) is 3.18. The Balaban J connectivity index is 1.94. The fraction of sp³-hybridized carbons (Fsp3) is 0.583. The number of nitrogens with one attached hydrogen (secondary N) is 1. The van der Waals surface area contributed by atoms with Gasteiger partial charge in [0.05, 0.1) is 11.4 Å². The maximum atomic E-state index is 5.40. The molecule has 5 nitrogen and oxygen atoms in total. The minimum absolute atomic E-state index is 0.906. The van der Waals surface area contributed by atoms with Crippen molar-refractivity contribution >= 4 is 5.69 Å². The van der Waals surface area contributed by atoms with E-state index < -0.39 is 0 Å². The van der Waals surface area contributed by atoms with Crippen molar-refractivity contribution in [1.29, 1.82) is 0 Å². The van der Waals surface area contributed by atoms with Gasteiger partial charge in [0.15, 0.2) is 0 Å². The van der Waals surface area contributed by atoms with Gasteiger partial charge in [-0.05, 0) is 38.7 Å². The average molecular weight is 235 g/mol. The van der Waals surface area contributed by atoms with E-state index in [2.05, 4.69) is 27.3 Å². The molecule has 2 rings (SSSR count). The lowest BCUT2D eigenvalue weighted by molar-refractivity contribution is 0.266. The monoisotopic (exact) mass is 235 g/mol. The third kappa shape index (κ3) is 3.66. The predicted molar refractivity (Wildman–Crippen MR) is 69.4 cm³/mol. The van der Waals surface area contributed by atoms with Crippen LogP contribution in [-0.4, -0.2) is 48.0 Å². The second-order valence-corrected chi connectivity index (χ2v) is 4.61. The van der Waals surface area contributed by atoms with Gasteiger partial charge in [-0.1, -0.05) is 0 Å². The molecule has 0 atom stereocenters. The number of nitrogens with zero attached hydrogens (tertiary/aromatic N) is 3. The molecule has 0 saturated carbocycles. The molecule has 1 aromatic heterocycles. The molecule has 0 spiro atoms. The van der Waals surface area contributed by atoms with E-state index in [1.165, 1.54) is 13.0 Å². The molecular formula is C12H21N5. The van der Waals surface area contributed by atoms with Crippen molar-refractivity contribution in [3.63, 3.8) is 0 Å². The van der Waals surface area contributed by atoms with Crippen LogP contribution in [0.25, 0.3) is 0 Å². The lowest BCUT2D eigenvalue weighted by Crippen LogP contribution is -2.28. The van der Waals surface area contributed by atoms with Crippen LogP contribution in [0.5, 0.6) is 0 Å². The molecule has 1 aliphatic heterocycles. The van der Waals surface area contributed by atoms with E-state index in [4.69, 9.17) is 5.84 Å². The Bertz CT molecular complexity index is 355. The minimum Gasteiger partial charge on any atom is -0.324 e. The summed E-state index contributed by atoms with van der Waals surface area (Å²) >= 11 is 0. The molecule has 1 aromatic rings. The van der Waals surface area contributed by atoms with Crippen LogP contribution in [0, 0.1) is 0 Å². The highest BCUT2D eigenvalue weighted by Crippen LogP contribution is 2.10. The highest BCUT2D eigenvalue weighted by Gasteiger charge is 2.12. The number of aromatic nitrogens is 1. The van der Waals surface area contributed by atoms with E-state index in [0.29, 0.717) is 0 Å². The first-order chi connectivity index (χ1) is 8.28. The van der Waals surface area contributed by atoms with E-state index in [0.717, 1.165) is 37.6 Å². The van der Waals surface area contributed by atoms with Crippen molar-refractivity contribution in [3.05, 3.63) is 24.0 Å². The van der Waals surface area contributed by atoms with E-state index in [-0.39, 0.29) is 0 Å². The lowest BCUT2D eigenvalue weighted by Gasteiger charge is -2.19. The van der Waals surface area contributed by atoms with Gasteiger partial charge in [-0.2, -0.15) is 0 Å². The van der Waals surface area contributed by atoms with Gasteiger partial charge in [-0.3, -0.25) is 15.7 Å². The molecule has 5 heteroatoms. The van der Waals surface area contributed by atoms with Crippen LogP contribution in [0.15, 0.2) is 18.3 Å². The Morgan fingerprint density at radius 3 is 3.06 bits per heavy atom. The normalized spacial score (nSPS) is 18.9. The predicted octanol–water partition coefficient (Wildman–Crippen LogP) is 0.505. The quantitative estimate of drug-likeness (QED) is 0.590. The van der Waals surface area contributed by atoms with Gasteiger partial charge in [-0.15, -0.1) is 0 Å². The summed E-state index contributed by atoms with van der Waals surface area (Å²) in [6.45, 7) is 5.48. The molecular weight excluding hydrogens is 214 g/mol. The standard InChI is InChI=1S/C12H21N5/c1-16-5-2-6-17(8-7-16)10-12-9-11(15-13)3-4-14-12/h3-4,9H,2,5-8,10,13H2,1H3,(H,14,15). The fourth-order valence-corrected chi connectivity index (χ4v) is 2.14. The van der Waals surface area contributed by atoms with Gasteiger partial charge in [0.25, 0.3) is 0 Å². The molecule has 1 saturated heterocycles. The van der Waals surface area contributed by atoms with Crippen LogP contribution in [0.4, 0.5) is 5.69 Å². The first kappa shape index (κ1) is 12.3. The summed E-state index contributed by atoms with van der Waals surface area (Å²) in [5.41, 5.74) is 4.65. The maximum Gasteiger partial charge on any atom is 0.0564 e. The Hall–Kier alpha value is -1.17. The number of nitrogen functional groups attached to an aromatic ring is 1. The molecule has 0 radical (unpaired) electrons. The summed E-state index contributed by atoms with van der Waals surface area (Å²) in [5, 5.41) is 0. The van der Waals surface area contributed by atoms with Gasteiger partial charge in [0, 0.05) is 25.8 Å². The molecule has 0 aliphatic carbocycles. The molecule has 2 heterocycles. The summed E-state index contributed by atoms with van der Waals surface area (Å²) < 4.78 is 0. The molecule has 0 bridgehead atoms. The van der Waals surface area contributed by atoms with E-state index in [1.54, 1.807) is 6.20 Å².